The van der Waals surface area contributed by atoms with Gasteiger partial charge < -0.3 is 5.11 Å². The Labute approximate surface area is 227 Å². The zero-order valence-electron chi connectivity index (χ0n) is 23.4. The fourth-order valence-corrected chi connectivity index (χ4v) is 5.94. The number of nitrogens with one attached hydrogen (secondary N) is 1. The van der Waals surface area contributed by atoms with Crippen LogP contribution in [0.1, 0.15) is 54.7 Å². The highest BCUT2D eigenvalue weighted by atomic mass is 16.5. The number of carbonyl (C=O) groups excluding carboxylic acids is 1. The second-order valence-corrected chi connectivity index (χ2v) is 11.9. The van der Waals surface area contributed by atoms with Crippen molar-refractivity contribution in [2.24, 2.45) is 0 Å². The Kier molecular flexibility index (Phi) is 9.57. The summed E-state index contributed by atoms with van der Waals surface area (Å²) < 4.78 is 0. The average molecular weight is 524 g/mol. The van der Waals surface area contributed by atoms with E-state index in [0.29, 0.717) is 17.6 Å². The van der Waals surface area contributed by atoms with Crippen molar-refractivity contribution >= 4 is 5.91 Å². The molecule has 3 N–H and O–H groups in total. The van der Waals surface area contributed by atoms with E-state index in [4.69, 9.17) is 5.21 Å². The van der Waals surface area contributed by atoms with Crippen molar-refractivity contribution in [1.82, 2.24) is 25.1 Å². The van der Waals surface area contributed by atoms with Gasteiger partial charge >= 0.3 is 0 Å². The van der Waals surface area contributed by atoms with E-state index in [2.05, 4.69) is 57.7 Å². The van der Waals surface area contributed by atoms with Crippen LogP contribution in [0.15, 0.2) is 48.5 Å². The lowest BCUT2D eigenvalue weighted by Gasteiger charge is -2.44. The van der Waals surface area contributed by atoms with E-state index >= 15 is 0 Å². The van der Waals surface area contributed by atoms with Gasteiger partial charge in [-0.25, -0.2) is 5.48 Å². The van der Waals surface area contributed by atoms with Crippen LogP contribution in [0.3, 0.4) is 0 Å². The van der Waals surface area contributed by atoms with Crippen LogP contribution in [0.5, 0.6) is 0 Å². The summed E-state index contributed by atoms with van der Waals surface area (Å²) in [4.78, 5) is 21.6. The van der Waals surface area contributed by atoms with Crippen LogP contribution in [0.25, 0.3) is 0 Å². The molecule has 208 valence electrons. The molecule has 8 nitrogen and oxygen atoms in total. The Hall–Kier alpha value is -2.33. The van der Waals surface area contributed by atoms with Gasteiger partial charge in [0.25, 0.3) is 5.91 Å². The van der Waals surface area contributed by atoms with E-state index in [-0.39, 0.29) is 0 Å². The fourth-order valence-electron chi connectivity index (χ4n) is 5.94. The molecular weight excluding hydrogens is 478 g/mol. The van der Waals surface area contributed by atoms with Crippen LogP contribution in [0.2, 0.25) is 0 Å². The van der Waals surface area contributed by atoms with Crippen molar-refractivity contribution in [3.63, 3.8) is 0 Å². The molecule has 2 aromatic rings. The maximum Gasteiger partial charge on any atom is 0.274 e. The zero-order valence-corrected chi connectivity index (χ0v) is 23.4. The Balaban J connectivity index is 1.28. The monoisotopic (exact) mass is 523 g/mol. The number of carbonyl (C=O) groups is 1. The molecule has 2 fully saturated rings. The van der Waals surface area contributed by atoms with Gasteiger partial charge in [-0.1, -0.05) is 36.4 Å². The van der Waals surface area contributed by atoms with Crippen molar-refractivity contribution in [3.8, 4) is 0 Å². The third-order valence-corrected chi connectivity index (χ3v) is 7.74. The van der Waals surface area contributed by atoms with Gasteiger partial charge in [-0.05, 0) is 56.5 Å². The molecule has 0 radical (unpaired) electrons. The molecule has 0 aromatic heterocycles. The van der Waals surface area contributed by atoms with E-state index in [1.54, 1.807) is 17.6 Å². The average Bonchev–Trinajstić information content (AvgIpc) is 2.87. The minimum absolute atomic E-state index is 0.436. The summed E-state index contributed by atoms with van der Waals surface area (Å²) >= 11 is 0. The summed E-state index contributed by atoms with van der Waals surface area (Å²) in [5.41, 5.74) is 5.41. The normalized spacial score (nSPS) is 22.5. The third kappa shape index (κ3) is 8.09. The Morgan fingerprint density at radius 1 is 0.842 bits per heavy atom. The predicted octanol–water partition coefficient (Wildman–Crippen LogP) is 2.79. The SMILES string of the molecule is CC1CN(Cc2ccc(C(=O)NO)cc2)C[C@H](C)N1Cc1cccc(CN2CCN(CC(C)(C)O)CC2)c1. The lowest BCUT2D eigenvalue weighted by atomic mass is 10.0. The van der Waals surface area contributed by atoms with Gasteiger partial charge in [-0.3, -0.25) is 29.6 Å². The van der Waals surface area contributed by atoms with Gasteiger partial charge in [0.2, 0.25) is 0 Å². The summed E-state index contributed by atoms with van der Waals surface area (Å²) in [7, 11) is 0. The molecule has 0 bridgehead atoms. The molecule has 38 heavy (non-hydrogen) atoms. The largest absolute Gasteiger partial charge is 0.389 e. The molecule has 8 heteroatoms. The van der Waals surface area contributed by atoms with E-state index in [9.17, 15) is 9.90 Å². The van der Waals surface area contributed by atoms with Gasteiger partial charge in [0.15, 0.2) is 0 Å². The molecule has 2 saturated heterocycles. The number of piperazine rings is 2. The molecule has 2 heterocycles. The Morgan fingerprint density at radius 3 is 1.97 bits per heavy atom. The smallest absolute Gasteiger partial charge is 0.274 e. The summed E-state index contributed by atoms with van der Waals surface area (Å²) in [5, 5.41) is 18.9. The molecule has 2 atom stereocenters. The Bertz CT molecular complexity index is 1030. The van der Waals surface area contributed by atoms with Crippen LogP contribution in [-0.4, -0.2) is 99.3 Å². The van der Waals surface area contributed by atoms with Crippen LogP contribution in [0, 0.1) is 0 Å². The number of hydrogen-bond donors (Lipinski definition) is 3. The van der Waals surface area contributed by atoms with Gasteiger partial charge in [-0.15, -0.1) is 0 Å². The van der Waals surface area contributed by atoms with Gasteiger partial charge in [0, 0.05) is 83.1 Å². The molecule has 0 aliphatic carbocycles. The predicted molar refractivity (Wildman–Crippen MR) is 150 cm³/mol. The first kappa shape index (κ1) is 28.7. The van der Waals surface area contributed by atoms with Gasteiger partial charge in [0.1, 0.15) is 0 Å². The van der Waals surface area contributed by atoms with E-state index < -0.39 is 11.5 Å². The standard InChI is InChI=1S/C30H45N5O3/c1-23-17-34(19-25-8-10-28(11-9-25)29(36)31-38)18-24(2)35(23)21-27-7-5-6-26(16-27)20-32-12-14-33(15-13-32)22-30(3,4)37/h5-11,16,23-24,37-38H,12-15,17-22H2,1-4H3,(H,31,36)/t23-,24?/m0/s1. The number of β-amino-alcohol motifs (C(OH)–C–C–N with tert-alkyl or cyclic N) is 1. The van der Waals surface area contributed by atoms with Crippen molar-refractivity contribution in [2.75, 3.05) is 45.8 Å². The van der Waals surface area contributed by atoms with Gasteiger partial charge in [0.05, 0.1) is 5.60 Å². The number of rotatable bonds is 9. The summed E-state index contributed by atoms with van der Waals surface area (Å²) in [6, 6.07) is 17.4. The highest BCUT2D eigenvalue weighted by molar-refractivity contribution is 5.93. The van der Waals surface area contributed by atoms with Crippen molar-refractivity contribution in [2.45, 2.75) is 65.0 Å². The van der Waals surface area contributed by atoms with Crippen LogP contribution in [0.4, 0.5) is 0 Å². The maximum atomic E-state index is 11.6. The number of nitrogens with zero attached hydrogens (tertiary/aromatic N) is 4. The lowest BCUT2D eigenvalue weighted by Crippen LogP contribution is -2.55. The maximum absolute atomic E-state index is 11.6. The molecule has 2 aliphatic rings. The van der Waals surface area contributed by atoms with Crippen LogP contribution < -0.4 is 5.48 Å². The second kappa shape index (κ2) is 12.7. The van der Waals surface area contributed by atoms with E-state index in [1.165, 1.54) is 16.7 Å². The van der Waals surface area contributed by atoms with Crippen molar-refractivity contribution in [1.29, 1.82) is 0 Å². The first-order valence-electron chi connectivity index (χ1n) is 13.9. The van der Waals surface area contributed by atoms with Crippen molar-refractivity contribution < 1.29 is 15.1 Å². The summed E-state index contributed by atoms with van der Waals surface area (Å²) in [6.07, 6.45) is 0. The minimum Gasteiger partial charge on any atom is -0.389 e. The minimum atomic E-state index is -0.637. The topological polar surface area (TPSA) is 82.5 Å². The Morgan fingerprint density at radius 2 is 1.39 bits per heavy atom. The summed E-state index contributed by atoms with van der Waals surface area (Å²) in [6.45, 7) is 18.0. The molecule has 0 spiro atoms. The lowest BCUT2D eigenvalue weighted by molar-refractivity contribution is 0.0166. The molecule has 2 aromatic carbocycles. The second-order valence-electron chi connectivity index (χ2n) is 11.9. The van der Waals surface area contributed by atoms with Gasteiger partial charge in [-0.2, -0.15) is 0 Å². The fraction of sp³-hybridized carbons (Fsp3) is 0.567. The first-order valence-corrected chi connectivity index (χ1v) is 13.9. The molecule has 1 amide bonds. The quantitative estimate of drug-likeness (QED) is 0.344. The van der Waals surface area contributed by atoms with Crippen LogP contribution in [-0.2, 0) is 19.6 Å². The number of amides is 1. The molecular formula is C30H45N5O3. The van der Waals surface area contributed by atoms with Crippen LogP contribution >= 0.6 is 0 Å². The van der Waals surface area contributed by atoms with E-state index in [1.807, 2.05) is 26.0 Å². The number of hydrogen-bond acceptors (Lipinski definition) is 7. The van der Waals surface area contributed by atoms with E-state index in [0.717, 1.165) is 65.4 Å². The molecule has 1 unspecified atom stereocenters. The van der Waals surface area contributed by atoms with Crippen molar-refractivity contribution in [3.05, 3.63) is 70.8 Å². The number of hydroxylamine groups is 1. The molecule has 4 rings (SSSR count). The molecule has 0 saturated carbocycles. The first-order chi connectivity index (χ1) is 18.1. The number of benzene rings is 2. The molecule has 2 aliphatic heterocycles. The highest BCUT2D eigenvalue weighted by Gasteiger charge is 2.29. The number of aliphatic hydroxyl groups is 1. The zero-order chi connectivity index (χ0) is 27.3. The third-order valence-electron chi connectivity index (χ3n) is 7.74. The summed E-state index contributed by atoms with van der Waals surface area (Å²) in [5.74, 6) is -0.485. The highest BCUT2D eigenvalue weighted by Crippen LogP contribution is 2.22.